The summed E-state index contributed by atoms with van der Waals surface area (Å²) >= 11 is 1.71. The number of nitriles is 1. The van der Waals surface area contributed by atoms with Crippen LogP contribution >= 0.6 is 11.8 Å². The number of nitrogens with one attached hydrogen (secondary N) is 1. The Morgan fingerprint density at radius 3 is 3.07 bits per heavy atom. The Kier molecular flexibility index (Phi) is 4.20. The molecule has 0 aromatic carbocycles. The summed E-state index contributed by atoms with van der Waals surface area (Å²) in [6.45, 7) is 2.10. The number of thioether (sulfide) groups is 1. The van der Waals surface area contributed by atoms with E-state index in [9.17, 15) is 4.79 Å². The molecule has 5 heteroatoms. The van der Waals surface area contributed by atoms with Crippen molar-refractivity contribution in [1.82, 2.24) is 9.97 Å². The Balaban J connectivity index is 2.68. The van der Waals surface area contributed by atoms with Crippen LogP contribution in [-0.2, 0) is 5.75 Å². The largest absolute Gasteiger partial charge is 0.309 e. The second-order valence-electron chi connectivity index (χ2n) is 2.74. The topological polar surface area (TPSA) is 69.5 Å². The molecule has 0 aliphatic rings. The first-order chi connectivity index (χ1) is 6.77. The van der Waals surface area contributed by atoms with Gasteiger partial charge in [-0.15, -0.1) is 0 Å². The number of H-pyrrole nitrogens is 1. The molecule has 0 aliphatic heterocycles. The third kappa shape index (κ3) is 2.89. The van der Waals surface area contributed by atoms with Crippen LogP contribution in [0.15, 0.2) is 11.0 Å². The maximum Gasteiger partial charge on any atom is 0.268 e. The minimum Gasteiger partial charge on any atom is -0.309 e. The highest BCUT2D eigenvalue weighted by atomic mass is 32.2. The van der Waals surface area contributed by atoms with Crippen LogP contribution in [0.25, 0.3) is 0 Å². The van der Waals surface area contributed by atoms with Crippen molar-refractivity contribution in [2.45, 2.75) is 19.1 Å². The highest BCUT2D eigenvalue weighted by molar-refractivity contribution is 7.98. The molecule has 0 amide bonds. The molecular weight excluding hydrogens is 198 g/mol. The highest BCUT2D eigenvalue weighted by Gasteiger charge is 2.00. The Morgan fingerprint density at radius 2 is 2.50 bits per heavy atom. The number of hydrogen-bond donors (Lipinski definition) is 1. The van der Waals surface area contributed by atoms with Crippen LogP contribution in [0.4, 0.5) is 0 Å². The first-order valence-electron chi connectivity index (χ1n) is 4.34. The van der Waals surface area contributed by atoms with Gasteiger partial charge in [0.2, 0.25) is 0 Å². The van der Waals surface area contributed by atoms with Gasteiger partial charge in [-0.1, -0.05) is 6.92 Å². The van der Waals surface area contributed by atoms with E-state index in [0.29, 0.717) is 11.6 Å². The molecule has 0 bridgehead atoms. The lowest BCUT2D eigenvalue weighted by Gasteiger charge is -1.98. The van der Waals surface area contributed by atoms with Gasteiger partial charge in [0.1, 0.15) is 17.5 Å². The maximum absolute atomic E-state index is 11.2. The predicted octanol–water partition coefficient (Wildman–Crippen LogP) is 1.28. The molecule has 0 atom stereocenters. The van der Waals surface area contributed by atoms with Gasteiger partial charge in [0.05, 0.1) is 11.9 Å². The smallest absolute Gasteiger partial charge is 0.268 e. The summed E-state index contributed by atoms with van der Waals surface area (Å²) < 4.78 is 0. The summed E-state index contributed by atoms with van der Waals surface area (Å²) in [5, 5.41) is 8.51. The number of aromatic nitrogens is 2. The van der Waals surface area contributed by atoms with E-state index in [1.54, 1.807) is 17.8 Å². The van der Waals surface area contributed by atoms with E-state index in [4.69, 9.17) is 5.26 Å². The van der Waals surface area contributed by atoms with Gasteiger partial charge in [-0.2, -0.15) is 17.0 Å². The van der Waals surface area contributed by atoms with Gasteiger partial charge in [0, 0.05) is 0 Å². The van der Waals surface area contributed by atoms with Crippen molar-refractivity contribution < 1.29 is 0 Å². The van der Waals surface area contributed by atoms with Gasteiger partial charge < -0.3 is 4.98 Å². The molecule has 0 spiro atoms. The zero-order valence-electron chi connectivity index (χ0n) is 7.91. The van der Waals surface area contributed by atoms with Crippen molar-refractivity contribution in [3.8, 4) is 6.07 Å². The normalized spacial score (nSPS) is 9.71. The molecule has 0 fully saturated rings. The minimum atomic E-state index is -0.352. The van der Waals surface area contributed by atoms with E-state index < -0.39 is 0 Å². The summed E-state index contributed by atoms with van der Waals surface area (Å²) in [5.41, 5.74) is -0.288. The van der Waals surface area contributed by atoms with Gasteiger partial charge >= 0.3 is 0 Å². The second kappa shape index (κ2) is 5.45. The van der Waals surface area contributed by atoms with Crippen molar-refractivity contribution in [3.63, 3.8) is 0 Å². The lowest BCUT2D eigenvalue weighted by molar-refractivity contribution is 0.990. The number of aromatic amines is 1. The van der Waals surface area contributed by atoms with Crippen LogP contribution in [0.3, 0.4) is 0 Å². The highest BCUT2D eigenvalue weighted by Crippen LogP contribution is 2.07. The van der Waals surface area contributed by atoms with E-state index in [0.717, 1.165) is 12.2 Å². The fourth-order valence-corrected chi connectivity index (χ4v) is 1.67. The summed E-state index contributed by atoms with van der Waals surface area (Å²) in [4.78, 5) is 17.7. The molecule has 4 nitrogen and oxygen atoms in total. The van der Waals surface area contributed by atoms with E-state index in [2.05, 4.69) is 16.9 Å². The standard InChI is InChI=1S/C9H11N3OS/c1-2-3-14-6-8-11-5-7(4-10)9(13)12-8/h5H,2-3,6H2,1H3,(H,11,12,13). The molecular formula is C9H11N3OS. The summed E-state index contributed by atoms with van der Waals surface area (Å²) in [7, 11) is 0. The van der Waals surface area contributed by atoms with Crippen molar-refractivity contribution >= 4 is 11.8 Å². The van der Waals surface area contributed by atoms with E-state index in [-0.39, 0.29) is 11.1 Å². The van der Waals surface area contributed by atoms with Crippen molar-refractivity contribution in [3.05, 3.63) is 27.9 Å². The third-order valence-corrected chi connectivity index (χ3v) is 2.73. The number of nitrogens with zero attached hydrogens (tertiary/aromatic N) is 2. The van der Waals surface area contributed by atoms with Gasteiger partial charge in [0.25, 0.3) is 5.56 Å². The van der Waals surface area contributed by atoms with Gasteiger partial charge in [-0.3, -0.25) is 4.79 Å². The molecule has 1 rings (SSSR count). The van der Waals surface area contributed by atoms with Crippen molar-refractivity contribution in [2.75, 3.05) is 5.75 Å². The third-order valence-electron chi connectivity index (χ3n) is 1.56. The monoisotopic (exact) mass is 209 g/mol. The van der Waals surface area contributed by atoms with E-state index >= 15 is 0 Å². The zero-order valence-corrected chi connectivity index (χ0v) is 8.73. The van der Waals surface area contributed by atoms with Crippen LogP contribution in [0.2, 0.25) is 0 Å². The average molecular weight is 209 g/mol. The summed E-state index contributed by atoms with van der Waals surface area (Å²) in [5.74, 6) is 2.37. The van der Waals surface area contributed by atoms with Crippen LogP contribution < -0.4 is 5.56 Å². The van der Waals surface area contributed by atoms with Gasteiger partial charge in [-0.25, -0.2) is 4.98 Å². The van der Waals surface area contributed by atoms with Crippen LogP contribution in [0.1, 0.15) is 24.7 Å². The average Bonchev–Trinajstić information content (AvgIpc) is 2.18. The lowest BCUT2D eigenvalue weighted by Crippen LogP contribution is -2.13. The molecule has 0 saturated carbocycles. The number of hydrogen-bond acceptors (Lipinski definition) is 4. The van der Waals surface area contributed by atoms with Crippen molar-refractivity contribution in [1.29, 1.82) is 5.26 Å². The molecule has 0 saturated heterocycles. The molecule has 1 aromatic rings. The lowest BCUT2D eigenvalue weighted by atomic mass is 10.4. The maximum atomic E-state index is 11.2. The molecule has 1 aromatic heterocycles. The number of rotatable bonds is 4. The quantitative estimate of drug-likeness (QED) is 0.758. The van der Waals surface area contributed by atoms with Crippen LogP contribution in [0.5, 0.6) is 0 Å². The molecule has 0 radical (unpaired) electrons. The molecule has 74 valence electrons. The van der Waals surface area contributed by atoms with Crippen LogP contribution in [-0.4, -0.2) is 15.7 Å². The first kappa shape index (κ1) is 10.8. The van der Waals surface area contributed by atoms with E-state index in [1.807, 2.05) is 0 Å². The Labute approximate surface area is 86.4 Å². The predicted molar refractivity (Wildman–Crippen MR) is 56.0 cm³/mol. The van der Waals surface area contributed by atoms with Gasteiger partial charge in [0.15, 0.2) is 0 Å². The Bertz CT molecular complexity index is 394. The van der Waals surface area contributed by atoms with E-state index in [1.165, 1.54) is 6.20 Å². The SMILES string of the molecule is CCCSCc1ncc(C#N)c(=O)[nH]1. The molecule has 14 heavy (non-hydrogen) atoms. The molecule has 0 aliphatic carbocycles. The van der Waals surface area contributed by atoms with Gasteiger partial charge in [-0.05, 0) is 12.2 Å². The second-order valence-corrected chi connectivity index (χ2v) is 3.84. The minimum absolute atomic E-state index is 0.0641. The first-order valence-corrected chi connectivity index (χ1v) is 5.49. The Hall–Kier alpha value is -1.28. The summed E-state index contributed by atoms with van der Waals surface area (Å²) in [6, 6.07) is 1.78. The molecule has 0 unspecified atom stereocenters. The van der Waals surface area contributed by atoms with Crippen molar-refractivity contribution in [2.24, 2.45) is 0 Å². The summed E-state index contributed by atoms with van der Waals surface area (Å²) in [6.07, 6.45) is 2.42. The van der Waals surface area contributed by atoms with Crippen LogP contribution in [0, 0.1) is 11.3 Å². The fourth-order valence-electron chi connectivity index (χ4n) is 0.898. The molecule has 1 heterocycles. The Morgan fingerprint density at radius 1 is 1.71 bits per heavy atom. The zero-order chi connectivity index (χ0) is 10.4. The fraction of sp³-hybridized carbons (Fsp3) is 0.444. The molecule has 1 N–H and O–H groups in total.